The Morgan fingerprint density at radius 2 is 2.15 bits per heavy atom. The average molecular weight is 502 g/mol. The maximum Gasteiger partial charge on any atom is 0.193 e. The topological polar surface area (TPSA) is 62.8 Å². The summed E-state index contributed by atoms with van der Waals surface area (Å²) in [4.78, 5) is 6.44. The molecule has 0 aromatic carbocycles. The predicted molar refractivity (Wildman–Crippen MR) is 120 cm³/mol. The molecule has 7 nitrogen and oxygen atoms in total. The molecule has 3 rings (SSSR count). The van der Waals surface area contributed by atoms with Crippen LogP contribution in [0.2, 0.25) is 5.02 Å². The summed E-state index contributed by atoms with van der Waals surface area (Å²) in [6.07, 6.45) is 5.70. The number of nitrogens with one attached hydrogen (secondary N) is 1. The molecule has 3 aromatic heterocycles. The fraction of sp³-hybridized carbons (Fsp3) is 0.389. The van der Waals surface area contributed by atoms with E-state index in [1.807, 2.05) is 59.7 Å². The van der Waals surface area contributed by atoms with Crippen molar-refractivity contribution in [2.75, 3.05) is 20.6 Å². The van der Waals surface area contributed by atoms with Gasteiger partial charge in [-0.1, -0.05) is 17.7 Å². The highest BCUT2D eigenvalue weighted by atomic mass is 127. The Hall–Kier alpha value is -1.81. The SMILES string of the molecule is CN=C(NCCCc1nnc2ccccn12)N(C)Cc1cc(Cl)cn1C.I. The molecule has 3 aromatic rings. The van der Waals surface area contributed by atoms with Crippen molar-refractivity contribution in [2.24, 2.45) is 12.0 Å². The van der Waals surface area contributed by atoms with Crippen LogP contribution in [-0.4, -0.2) is 50.7 Å². The Bertz CT molecular complexity index is 902. The molecule has 0 saturated carbocycles. The van der Waals surface area contributed by atoms with Crippen molar-refractivity contribution in [2.45, 2.75) is 19.4 Å². The highest BCUT2D eigenvalue weighted by molar-refractivity contribution is 14.0. The van der Waals surface area contributed by atoms with Gasteiger partial charge < -0.3 is 14.8 Å². The van der Waals surface area contributed by atoms with Gasteiger partial charge in [-0.2, -0.15) is 0 Å². The number of aromatic nitrogens is 4. The first-order valence-corrected chi connectivity index (χ1v) is 8.97. The molecule has 0 unspecified atom stereocenters. The average Bonchev–Trinajstić information content (AvgIpc) is 3.17. The number of aryl methyl sites for hydroxylation is 2. The molecule has 1 N–H and O–H groups in total. The summed E-state index contributed by atoms with van der Waals surface area (Å²) in [5.41, 5.74) is 2.02. The second kappa shape index (κ2) is 9.93. The normalized spacial score (nSPS) is 11.5. The third kappa shape index (κ3) is 5.35. The zero-order valence-corrected chi connectivity index (χ0v) is 18.8. The van der Waals surface area contributed by atoms with Gasteiger partial charge in [0.2, 0.25) is 0 Å². The van der Waals surface area contributed by atoms with Gasteiger partial charge in [-0.05, 0) is 24.6 Å². The van der Waals surface area contributed by atoms with Crippen molar-refractivity contribution in [1.82, 2.24) is 29.4 Å². The summed E-state index contributed by atoms with van der Waals surface area (Å²) in [5.74, 6) is 1.83. The number of fused-ring (bicyclic) bond motifs is 1. The molecule has 9 heteroatoms. The van der Waals surface area contributed by atoms with Gasteiger partial charge in [-0.15, -0.1) is 34.2 Å². The lowest BCUT2D eigenvalue weighted by Crippen LogP contribution is -2.39. The lowest BCUT2D eigenvalue weighted by molar-refractivity contribution is 0.461. The lowest BCUT2D eigenvalue weighted by Gasteiger charge is -2.22. The molecule has 0 bridgehead atoms. The summed E-state index contributed by atoms with van der Waals surface area (Å²) in [7, 11) is 5.80. The van der Waals surface area contributed by atoms with Crippen molar-refractivity contribution in [3.8, 4) is 0 Å². The molecule has 0 spiro atoms. The van der Waals surface area contributed by atoms with Crippen LogP contribution < -0.4 is 5.32 Å². The summed E-state index contributed by atoms with van der Waals surface area (Å²) in [6, 6.07) is 7.89. The first-order valence-electron chi connectivity index (χ1n) is 8.59. The lowest BCUT2D eigenvalue weighted by atomic mass is 10.3. The Labute approximate surface area is 181 Å². The van der Waals surface area contributed by atoms with Crippen LogP contribution in [0, 0.1) is 0 Å². The van der Waals surface area contributed by atoms with E-state index in [0.29, 0.717) is 0 Å². The van der Waals surface area contributed by atoms with Gasteiger partial charge in [0.25, 0.3) is 0 Å². The van der Waals surface area contributed by atoms with Gasteiger partial charge >= 0.3 is 0 Å². The van der Waals surface area contributed by atoms with E-state index in [1.165, 1.54) is 0 Å². The highest BCUT2D eigenvalue weighted by Crippen LogP contribution is 2.14. The summed E-state index contributed by atoms with van der Waals surface area (Å²) >= 11 is 6.06. The van der Waals surface area contributed by atoms with E-state index in [4.69, 9.17) is 11.6 Å². The van der Waals surface area contributed by atoms with Crippen molar-refractivity contribution in [3.05, 3.63) is 53.2 Å². The van der Waals surface area contributed by atoms with Crippen LogP contribution in [-0.2, 0) is 20.0 Å². The molecule has 0 atom stereocenters. The van der Waals surface area contributed by atoms with Gasteiger partial charge in [0.05, 0.1) is 11.6 Å². The highest BCUT2D eigenvalue weighted by Gasteiger charge is 2.10. The number of halogens is 2. The van der Waals surface area contributed by atoms with E-state index in [-0.39, 0.29) is 24.0 Å². The van der Waals surface area contributed by atoms with Crippen molar-refractivity contribution < 1.29 is 0 Å². The number of rotatable bonds is 6. The van der Waals surface area contributed by atoms with E-state index in [2.05, 4.69) is 25.4 Å². The van der Waals surface area contributed by atoms with Crippen molar-refractivity contribution in [1.29, 1.82) is 0 Å². The minimum absolute atomic E-state index is 0. The quantitative estimate of drug-likeness (QED) is 0.244. The van der Waals surface area contributed by atoms with Crippen LogP contribution in [0.15, 0.2) is 41.7 Å². The molecule has 3 heterocycles. The first kappa shape index (κ1) is 21.5. The zero-order valence-electron chi connectivity index (χ0n) is 15.8. The van der Waals surface area contributed by atoms with Crippen LogP contribution >= 0.6 is 35.6 Å². The van der Waals surface area contributed by atoms with Crippen LogP contribution in [0.4, 0.5) is 0 Å². The molecule has 0 fully saturated rings. The molecule has 0 saturated heterocycles. The summed E-state index contributed by atoms with van der Waals surface area (Å²) in [6.45, 7) is 1.55. The van der Waals surface area contributed by atoms with Gasteiger partial charge in [0.1, 0.15) is 5.82 Å². The maximum absolute atomic E-state index is 6.06. The van der Waals surface area contributed by atoms with Crippen LogP contribution in [0.3, 0.4) is 0 Å². The third-order valence-electron chi connectivity index (χ3n) is 4.29. The second-order valence-corrected chi connectivity index (χ2v) is 6.68. The molecule has 0 aliphatic carbocycles. The Balaban J connectivity index is 0.00000261. The van der Waals surface area contributed by atoms with Crippen LogP contribution in [0.5, 0.6) is 0 Å². The first-order chi connectivity index (χ1) is 12.6. The number of hydrogen-bond donors (Lipinski definition) is 1. The fourth-order valence-electron chi connectivity index (χ4n) is 2.93. The minimum Gasteiger partial charge on any atom is -0.356 e. The summed E-state index contributed by atoms with van der Waals surface area (Å²) in [5, 5.41) is 12.6. The molecular formula is C18H25ClIN7. The largest absolute Gasteiger partial charge is 0.356 e. The van der Waals surface area contributed by atoms with Crippen LogP contribution in [0.1, 0.15) is 17.9 Å². The third-order valence-corrected chi connectivity index (χ3v) is 4.50. The van der Waals surface area contributed by atoms with Crippen LogP contribution in [0.25, 0.3) is 5.65 Å². The van der Waals surface area contributed by atoms with Gasteiger partial charge in [-0.25, -0.2) is 0 Å². The van der Waals surface area contributed by atoms with Gasteiger partial charge in [0.15, 0.2) is 11.6 Å². The van der Waals surface area contributed by atoms with E-state index in [0.717, 1.165) is 54.1 Å². The maximum atomic E-state index is 6.06. The molecular weight excluding hydrogens is 477 g/mol. The number of aliphatic imine (C=N–C) groups is 1. The van der Waals surface area contributed by atoms with Crippen molar-refractivity contribution >= 4 is 47.2 Å². The Kier molecular flexibility index (Phi) is 7.91. The molecule has 27 heavy (non-hydrogen) atoms. The number of guanidine groups is 1. The standard InChI is InChI=1S/C18H24ClN7.HI/c1-20-18(25(3)13-15-11-14(19)12-24(15)2)21-9-6-8-17-23-22-16-7-4-5-10-26(16)17;/h4-5,7,10-12H,6,8-9,13H2,1-3H3,(H,20,21);1H. The fourth-order valence-corrected chi connectivity index (χ4v) is 3.21. The minimum atomic E-state index is 0. The molecule has 0 aliphatic heterocycles. The van der Waals surface area contributed by atoms with E-state index in [1.54, 1.807) is 7.05 Å². The van der Waals surface area contributed by atoms with Gasteiger partial charge in [0, 0.05) is 52.2 Å². The Morgan fingerprint density at radius 3 is 2.85 bits per heavy atom. The van der Waals surface area contributed by atoms with E-state index >= 15 is 0 Å². The second-order valence-electron chi connectivity index (χ2n) is 6.24. The molecule has 0 aliphatic rings. The molecule has 146 valence electrons. The van der Waals surface area contributed by atoms with Crippen molar-refractivity contribution in [3.63, 3.8) is 0 Å². The van der Waals surface area contributed by atoms with E-state index in [9.17, 15) is 0 Å². The number of nitrogens with zero attached hydrogens (tertiary/aromatic N) is 6. The molecule has 0 amide bonds. The number of pyridine rings is 1. The monoisotopic (exact) mass is 501 g/mol. The predicted octanol–water partition coefficient (Wildman–Crippen LogP) is 2.98. The zero-order chi connectivity index (χ0) is 18.5. The Morgan fingerprint density at radius 1 is 1.33 bits per heavy atom. The van der Waals surface area contributed by atoms with Gasteiger partial charge in [-0.3, -0.25) is 9.39 Å². The summed E-state index contributed by atoms with van der Waals surface area (Å²) < 4.78 is 4.06. The smallest absolute Gasteiger partial charge is 0.193 e. The molecule has 0 radical (unpaired) electrons. The van der Waals surface area contributed by atoms with E-state index < -0.39 is 0 Å². The number of hydrogen-bond acceptors (Lipinski definition) is 3.